The SMILES string of the molecule is CCCCCCC/C=C\C/C=C\CCCCCCCCCCCCCCCCCCCCCC(=O)OCC(COC(=O)CCCCCCCCCC)OC(=O)CCCCCCCCCCC/C=C\CCCCCCCC. The Kier molecular flexibility index (Phi) is 63.1. The Morgan fingerprint density at radius 2 is 0.474 bits per heavy atom. The van der Waals surface area contributed by atoms with E-state index in [1.807, 2.05) is 0 Å². The zero-order valence-electron chi connectivity index (χ0n) is 51.3. The minimum atomic E-state index is -0.768. The van der Waals surface area contributed by atoms with E-state index in [-0.39, 0.29) is 31.1 Å². The van der Waals surface area contributed by atoms with Gasteiger partial charge in [-0.2, -0.15) is 0 Å². The molecule has 0 saturated heterocycles. The highest BCUT2D eigenvalue weighted by Gasteiger charge is 2.19. The zero-order chi connectivity index (χ0) is 55.0. The van der Waals surface area contributed by atoms with Crippen LogP contribution >= 0.6 is 0 Å². The average Bonchev–Trinajstić information content (AvgIpc) is 3.42. The van der Waals surface area contributed by atoms with Crippen LogP contribution in [0.2, 0.25) is 0 Å². The molecule has 0 aliphatic rings. The molecule has 0 aliphatic heterocycles. The van der Waals surface area contributed by atoms with Gasteiger partial charge in [-0.3, -0.25) is 14.4 Å². The molecule has 0 aromatic carbocycles. The fraction of sp³-hybridized carbons (Fsp3) is 0.871. The molecule has 0 aliphatic carbocycles. The third-order valence-electron chi connectivity index (χ3n) is 15.4. The Labute approximate surface area is 474 Å². The van der Waals surface area contributed by atoms with Crippen LogP contribution in [0, 0.1) is 0 Å². The summed E-state index contributed by atoms with van der Waals surface area (Å²) in [6.07, 6.45) is 80.5. The molecule has 446 valence electrons. The van der Waals surface area contributed by atoms with Crippen molar-refractivity contribution in [2.24, 2.45) is 0 Å². The van der Waals surface area contributed by atoms with Crippen LogP contribution in [0.1, 0.15) is 374 Å². The largest absolute Gasteiger partial charge is 0.462 e. The van der Waals surface area contributed by atoms with Crippen LogP contribution in [-0.4, -0.2) is 37.2 Å². The van der Waals surface area contributed by atoms with Gasteiger partial charge in [0.1, 0.15) is 13.2 Å². The summed E-state index contributed by atoms with van der Waals surface area (Å²) in [6, 6.07) is 0. The number of allylic oxidation sites excluding steroid dienone is 6. The van der Waals surface area contributed by atoms with Gasteiger partial charge in [0, 0.05) is 19.3 Å². The lowest BCUT2D eigenvalue weighted by molar-refractivity contribution is -0.167. The Bertz CT molecular complexity index is 1270. The molecule has 0 amide bonds. The molecular formula is C70H130O6. The summed E-state index contributed by atoms with van der Waals surface area (Å²) in [7, 11) is 0. The lowest BCUT2D eigenvalue weighted by Gasteiger charge is -2.18. The van der Waals surface area contributed by atoms with Gasteiger partial charge in [-0.15, -0.1) is 0 Å². The van der Waals surface area contributed by atoms with E-state index in [0.29, 0.717) is 19.3 Å². The van der Waals surface area contributed by atoms with Crippen molar-refractivity contribution in [3.05, 3.63) is 36.5 Å². The summed E-state index contributed by atoms with van der Waals surface area (Å²) < 4.78 is 16.9. The highest BCUT2D eigenvalue weighted by Crippen LogP contribution is 2.18. The molecule has 0 N–H and O–H groups in total. The van der Waals surface area contributed by atoms with Gasteiger partial charge in [-0.25, -0.2) is 0 Å². The van der Waals surface area contributed by atoms with E-state index < -0.39 is 6.10 Å². The summed E-state index contributed by atoms with van der Waals surface area (Å²) >= 11 is 0. The van der Waals surface area contributed by atoms with E-state index in [2.05, 4.69) is 57.2 Å². The van der Waals surface area contributed by atoms with Crippen LogP contribution in [-0.2, 0) is 28.6 Å². The molecule has 0 rings (SSSR count). The first kappa shape index (κ1) is 73.6. The summed E-state index contributed by atoms with van der Waals surface area (Å²) in [4.78, 5) is 38.2. The molecule has 0 bridgehead atoms. The van der Waals surface area contributed by atoms with Crippen molar-refractivity contribution in [1.29, 1.82) is 0 Å². The molecule has 1 unspecified atom stereocenters. The number of ether oxygens (including phenoxy) is 3. The fourth-order valence-electron chi connectivity index (χ4n) is 10.2. The maximum Gasteiger partial charge on any atom is 0.306 e. The van der Waals surface area contributed by atoms with Crippen molar-refractivity contribution < 1.29 is 28.6 Å². The second kappa shape index (κ2) is 65.2. The summed E-state index contributed by atoms with van der Waals surface area (Å²) in [5, 5.41) is 0. The van der Waals surface area contributed by atoms with Gasteiger partial charge in [0.2, 0.25) is 0 Å². The average molecular weight is 1070 g/mol. The third-order valence-corrected chi connectivity index (χ3v) is 15.4. The molecule has 1 atom stereocenters. The smallest absolute Gasteiger partial charge is 0.306 e. The van der Waals surface area contributed by atoms with Crippen LogP contribution < -0.4 is 0 Å². The summed E-state index contributed by atoms with van der Waals surface area (Å²) in [5.74, 6) is -0.850. The Morgan fingerprint density at radius 3 is 0.737 bits per heavy atom. The van der Waals surface area contributed by atoms with Crippen molar-refractivity contribution in [1.82, 2.24) is 0 Å². The number of carbonyl (C=O) groups excluding carboxylic acids is 3. The van der Waals surface area contributed by atoms with Crippen molar-refractivity contribution in [2.45, 2.75) is 380 Å². The number of hydrogen-bond acceptors (Lipinski definition) is 6. The molecule has 0 aromatic heterocycles. The molecule has 76 heavy (non-hydrogen) atoms. The van der Waals surface area contributed by atoms with Gasteiger partial charge >= 0.3 is 17.9 Å². The minimum absolute atomic E-state index is 0.0675. The predicted molar refractivity (Wildman–Crippen MR) is 330 cm³/mol. The normalized spacial score (nSPS) is 12.2. The Hall–Kier alpha value is -2.37. The van der Waals surface area contributed by atoms with E-state index in [9.17, 15) is 14.4 Å². The standard InChI is InChI=1S/C70H130O6/c1-4-7-10-13-16-19-21-23-25-27-29-30-31-32-33-34-35-36-37-38-39-40-42-43-45-47-49-51-54-57-60-63-69(72)75-66-67(65-74-68(71)62-59-56-53-18-15-12-9-6-3)76-70(73)64-61-58-55-52-50-48-46-44-41-28-26-24-22-20-17-14-11-8-5-2/h21,23-24,26-27,29,67H,4-20,22,25,28,30-66H2,1-3H3/b23-21-,26-24-,29-27-. The second-order valence-electron chi connectivity index (χ2n) is 23.1. The van der Waals surface area contributed by atoms with Crippen molar-refractivity contribution in [3.63, 3.8) is 0 Å². The molecule has 0 saturated carbocycles. The molecule has 0 heterocycles. The number of hydrogen-bond donors (Lipinski definition) is 0. The molecule has 0 aromatic rings. The van der Waals surface area contributed by atoms with Crippen molar-refractivity contribution >= 4 is 17.9 Å². The van der Waals surface area contributed by atoms with Gasteiger partial charge in [-0.1, -0.05) is 314 Å². The first-order valence-electron chi connectivity index (χ1n) is 34.0. The van der Waals surface area contributed by atoms with Gasteiger partial charge in [0.25, 0.3) is 0 Å². The summed E-state index contributed by atoms with van der Waals surface area (Å²) in [5.41, 5.74) is 0. The van der Waals surface area contributed by atoms with Gasteiger partial charge in [-0.05, 0) is 77.0 Å². The molecule has 6 nitrogen and oxygen atoms in total. The lowest BCUT2D eigenvalue weighted by Crippen LogP contribution is -2.30. The number of esters is 3. The first-order valence-corrected chi connectivity index (χ1v) is 34.0. The maximum atomic E-state index is 12.9. The van der Waals surface area contributed by atoms with E-state index in [4.69, 9.17) is 14.2 Å². The second-order valence-corrected chi connectivity index (χ2v) is 23.1. The van der Waals surface area contributed by atoms with Crippen LogP contribution in [0.5, 0.6) is 0 Å². The topological polar surface area (TPSA) is 78.9 Å². The van der Waals surface area contributed by atoms with Crippen LogP contribution in [0.3, 0.4) is 0 Å². The highest BCUT2D eigenvalue weighted by atomic mass is 16.6. The molecular weight excluding hydrogens is 937 g/mol. The van der Waals surface area contributed by atoms with Crippen LogP contribution in [0.25, 0.3) is 0 Å². The predicted octanol–water partition coefficient (Wildman–Crippen LogP) is 23.2. The molecule has 6 heteroatoms. The van der Waals surface area contributed by atoms with E-state index in [0.717, 1.165) is 64.2 Å². The maximum absolute atomic E-state index is 12.9. The third kappa shape index (κ3) is 62.5. The molecule has 0 fully saturated rings. The quantitative estimate of drug-likeness (QED) is 0.0261. The minimum Gasteiger partial charge on any atom is -0.462 e. The van der Waals surface area contributed by atoms with Gasteiger partial charge in [0.05, 0.1) is 0 Å². The monoisotopic (exact) mass is 1070 g/mol. The number of unbranched alkanes of at least 4 members (excludes halogenated alkanes) is 46. The Morgan fingerprint density at radius 1 is 0.263 bits per heavy atom. The Balaban J connectivity index is 4.04. The van der Waals surface area contributed by atoms with Gasteiger partial charge < -0.3 is 14.2 Å². The van der Waals surface area contributed by atoms with Crippen LogP contribution in [0.4, 0.5) is 0 Å². The number of rotatable bonds is 63. The molecule has 0 radical (unpaired) electrons. The van der Waals surface area contributed by atoms with E-state index in [1.165, 1.54) is 270 Å². The first-order chi connectivity index (χ1) is 37.5. The van der Waals surface area contributed by atoms with Gasteiger partial charge in [0.15, 0.2) is 6.10 Å². The highest BCUT2D eigenvalue weighted by molar-refractivity contribution is 5.71. The number of carbonyl (C=O) groups is 3. The van der Waals surface area contributed by atoms with Crippen LogP contribution in [0.15, 0.2) is 36.5 Å². The van der Waals surface area contributed by atoms with Crippen molar-refractivity contribution in [2.75, 3.05) is 13.2 Å². The van der Waals surface area contributed by atoms with E-state index in [1.54, 1.807) is 0 Å². The summed E-state index contributed by atoms with van der Waals surface area (Å²) in [6.45, 7) is 6.65. The van der Waals surface area contributed by atoms with Crippen molar-refractivity contribution in [3.8, 4) is 0 Å². The van der Waals surface area contributed by atoms with E-state index >= 15 is 0 Å². The zero-order valence-corrected chi connectivity index (χ0v) is 51.3. The lowest BCUT2D eigenvalue weighted by atomic mass is 10.0. The fourth-order valence-corrected chi connectivity index (χ4v) is 10.2. The molecule has 0 spiro atoms.